The molecule has 0 spiro atoms. The Hall–Kier alpha value is -0.410. The van der Waals surface area contributed by atoms with Crippen molar-refractivity contribution in [3.05, 3.63) is 44.7 Å². The van der Waals surface area contributed by atoms with Crippen LogP contribution in [0, 0.1) is 12.8 Å². The summed E-state index contributed by atoms with van der Waals surface area (Å²) in [5.74, 6) is 3.30. The van der Waals surface area contributed by atoms with Crippen molar-refractivity contribution in [2.75, 3.05) is 4.90 Å². The standard InChI is InChI=1S/C12H12BrNS/c1-8-5-4-6-11(13)12(8)14-7-15-10(3)9(14)2/h4-6H,1-3H3. The van der Waals surface area contributed by atoms with Gasteiger partial charge in [0, 0.05) is 15.1 Å². The minimum atomic E-state index is 1.12. The second-order valence-electron chi connectivity index (χ2n) is 3.58. The first-order valence-corrected chi connectivity index (χ1v) is 6.37. The monoisotopic (exact) mass is 281 g/mol. The van der Waals surface area contributed by atoms with Gasteiger partial charge in [-0.2, -0.15) is 0 Å². The summed E-state index contributed by atoms with van der Waals surface area (Å²) < 4.78 is 1.12. The number of para-hydroxylation sites is 1. The molecule has 2 rings (SSSR count). The van der Waals surface area contributed by atoms with Crippen LogP contribution < -0.4 is 4.90 Å². The molecule has 0 N–H and O–H groups in total. The van der Waals surface area contributed by atoms with E-state index in [1.54, 1.807) is 11.8 Å². The third-order valence-corrected chi connectivity index (χ3v) is 4.06. The Morgan fingerprint density at radius 2 is 2.00 bits per heavy atom. The Morgan fingerprint density at radius 1 is 1.27 bits per heavy atom. The van der Waals surface area contributed by atoms with E-state index in [1.807, 2.05) is 0 Å². The molecule has 0 saturated carbocycles. The molecule has 0 atom stereocenters. The number of hydrogen-bond donors (Lipinski definition) is 0. The second-order valence-corrected chi connectivity index (χ2v) is 5.43. The highest BCUT2D eigenvalue weighted by Gasteiger charge is 2.22. The maximum atomic E-state index is 3.59. The minimum Gasteiger partial charge on any atom is -0.322 e. The first kappa shape index (κ1) is 11.1. The van der Waals surface area contributed by atoms with Crippen LogP contribution in [0.5, 0.6) is 0 Å². The van der Waals surface area contributed by atoms with Gasteiger partial charge < -0.3 is 4.90 Å². The molecule has 0 fully saturated rings. The number of thioether (sulfide) groups is 1. The summed E-state index contributed by atoms with van der Waals surface area (Å²) in [5, 5.41) is 0. The SMILES string of the molecule is CC1=C(C)N(c2c(C)cccc2Br)[C]S1. The predicted molar refractivity (Wildman–Crippen MR) is 70.6 cm³/mol. The van der Waals surface area contributed by atoms with Gasteiger partial charge in [0.1, 0.15) is 0 Å². The van der Waals surface area contributed by atoms with Crippen LogP contribution in [0.2, 0.25) is 0 Å². The normalized spacial score (nSPS) is 16.4. The fourth-order valence-electron chi connectivity index (χ4n) is 1.53. The van der Waals surface area contributed by atoms with Crippen LogP contribution in [-0.4, -0.2) is 0 Å². The lowest BCUT2D eigenvalue weighted by atomic mass is 10.2. The molecule has 1 aliphatic rings. The van der Waals surface area contributed by atoms with Gasteiger partial charge in [0.15, 0.2) is 5.88 Å². The van der Waals surface area contributed by atoms with Crippen LogP contribution in [0.1, 0.15) is 19.4 Å². The predicted octanol–water partition coefficient (Wildman–Crippen LogP) is 4.56. The lowest BCUT2D eigenvalue weighted by Crippen LogP contribution is -2.14. The Balaban J connectivity index is 2.47. The zero-order chi connectivity index (χ0) is 11.0. The molecule has 0 saturated heterocycles. The molecular formula is C12H12BrNS. The van der Waals surface area contributed by atoms with Crippen LogP contribution in [0.3, 0.4) is 0 Å². The van der Waals surface area contributed by atoms with Gasteiger partial charge in [0.25, 0.3) is 0 Å². The molecule has 15 heavy (non-hydrogen) atoms. The van der Waals surface area contributed by atoms with Crippen LogP contribution in [0.15, 0.2) is 33.3 Å². The second kappa shape index (κ2) is 4.22. The Morgan fingerprint density at radius 3 is 2.53 bits per heavy atom. The quantitative estimate of drug-likeness (QED) is 0.743. The number of halogens is 1. The van der Waals surface area contributed by atoms with Crippen LogP contribution in [0.4, 0.5) is 5.69 Å². The first-order valence-electron chi connectivity index (χ1n) is 4.76. The highest BCUT2D eigenvalue weighted by molar-refractivity contribution is 9.10. The molecule has 1 aliphatic heterocycles. The Kier molecular flexibility index (Phi) is 3.12. The largest absolute Gasteiger partial charge is 0.322 e. The molecule has 1 heterocycles. The lowest BCUT2D eigenvalue weighted by Gasteiger charge is -2.21. The molecule has 0 aromatic heterocycles. The molecule has 0 amide bonds. The van der Waals surface area contributed by atoms with Gasteiger partial charge >= 0.3 is 0 Å². The molecule has 0 aliphatic carbocycles. The molecule has 2 radical (unpaired) electrons. The average molecular weight is 282 g/mol. The fourth-order valence-corrected chi connectivity index (χ4v) is 2.87. The van der Waals surface area contributed by atoms with E-state index in [4.69, 9.17) is 0 Å². The fraction of sp³-hybridized carbons (Fsp3) is 0.250. The van der Waals surface area contributed by atoms with Crippen LogP contribution in [0.25, 0.3) is 0 Å². The van der Waals surface area contributed by atoms with Gasteiger partial charge in [-0.3, -0.25) is 0 Å². The molecular weight excluding hydrogens is 270 g/mol. The van der Waals surface area contributed by atoms with Crippen molar-refractivity contribution in [2.45, 2.75) is 20.8 Å². The first-order chi connectivity index (χ1) is 7.11. The molecule has 1 aromatic carbocycles. The summed E-state index contributed by atoms with van der Waals surface area (Å²) in [6, 6.07) is 6.24. The van der Waals surface area contributed by atoms with E-state index < -0.39 is 0 Å². The summed E-state index contributed by atoms with van der Waals surface area (Å²) in [5.41, 5.74) is 3.71. The van der Waals surface area contributed by atoms with Crippen molar-refractivity contribution in [2.24, 2.45) is 0 Å². The molecule has 0 unspecified atom stereocenters. The molecule has 1 aromatic rings. The number of allylic oxidation sites excluding steroid dienone is 2. The summed E-state index contributed by atoms with van der Waals surface area (Å²) >= 11 is 5.25. The van der Waals surface area contributed by atoms with Gasteiger partial charge in [-0.15, -0.1) is 0 Å². The summed E-state index contributed by atoms with van der Waals surface area (Å²) in [4.78, 5) is 3.43. The van der Waals surface area contributed by atoms with Crippen molar-refractivity contribution in [3.63, 3.8) is 0 Å². The zero-order valence-electron chi connectivity index (χ0n) is 8.97. The highest BCUT2D eigenvalue weighted by atomic mass is 79.9. The maximum absolute atomic E-state index is 3.59. The minimum absolute atomic E-state index is 1.12. The van der Waals surface area contributed by atoms with Crippen molar-refractivity contribution in [3.8, 4) is 0 Å². The number of aryl methyl sites for hydroxylation is 1. The summed E-state index contributed by atoms with van der Waals surface area (Å²) in [6.07, 6.45) is 0. The molecule has 1 nitrogen and oxygen atoms in total. The topological polar surface area (TPSA) is 3.24 Å². The third-order valence-electron chi connectivity index (χ3n) is 2.55. The Labute approximate surface area is 104 Å². The van der Waals surface area contributed by atoms with E-state index >= 15 is 0 Å². The van der Waals surface area contributed by atoms with Gasteiger partial charge in [0.2, 0.25) is 0 Å². The zero-order valence-corrected chi connectivity index (χ0v) is 11.4. The van der Waals surface area contributed by atoms with E-state index in [2.05, 4.69) is 65.7 Å². The van der Waals surface area contributed by atoms with E-state index in [-0.39, 0.29) is 0 Å². The molecule has 0 bridgehead atoms. The third kappa shape index (κ3) is 1.95. The number of benzene rings is 1. The van der Waals surface area contributed by atoms with Crippen molar-refractivity contribution >= 4 is 33.4 Å². The number of rotatable bonds is 1. The van der Waals surface area contributed by atoms with Gasteiger partial charge in [-0.25, -0.2) is 0 Å². The lowest BCUT2D eigenvalue weighted by molar-refractivity contribution is 1.12. The average Bonchev–Trinajstić information content (AvgIpc) is 2.49. The smallest absolute Gasteiger partial charge is 0.169 e. The van der Waals surface area contributed by atoms with E-state index in [1.165, 1.54) is 21.9 Å². The van der Waals surface area contributed by atoms with Gasteiger partial charge in [0.05, 0.1) is 5.69 Å². The number of hydrogen-bond acceptors (Lipinski definition) is 2. The van der Waals surface area contributed by atoms with Crippen molar-refractivity contribution in [1.29, 1.82) is 0 Å². The maximum Gasteiger partial charge on any atom is 0.169 e. The van der Waals surface area contributed by atoms with E-state index in [9.17, 15) is 0 Å². The van der Waals surface area contributed by atoms with Crippen molar-refractivity contribution in [1.82, 2.24) is 0 Å². The summed E-state index contributed by atoms with van der Waals surface area (Å²) in [6.45, 7) is 6.37. The van der Waals surface area contributed by atoms with Crippen molar-refractivity contribution < 1.29 is 0 Å². The number of anilines is 1. The van der Waals surface area contributed by atoms with E-state index in [0.29, 0.717) is 0 Å². The van der Waals surface area contributed by atoms with Crippen LogP contribution >= 0.6 is 27.7 Å². The summed E-state index contributed by atoms with van der Waals surface area (Å²) in [7, 11) is 0. The van der Waals surface area contributed by atoms with Gasteiger partial charge in [-0.1, -0.05) is 23.9 Å². The van der Waals surface area contributed by atoms with E-state index in [0.717, 1.165) is 4.47 Å². The van der Waals surface area contributed by atoms with Gasteiger partial charge in [-0.05, 0) is 48.3 Å². The highest BCUT2D eigenvalue weighted by Crippen LogP contribution is 2.42. The molecule has 78 valence electrons. The number of nitrogens with zero attached hydrogens (tertiary/aromatic N) is 1. The molecule has 3 heteroatoms. The van der Waals surface area contributed by atoms with Crippen LogP contribution in [-0.2, 0) is 0 Å². The Bertz CT molecular complexity index is 405.